The highest BCUT2D eigenvalue weighted by molar-refractivity contribution is 5.93. The molecule has 0 aliphatic carbocycles. The van der Waals surface area contributed by atoms with Crippen LogP contribution < -0.4 is 5.73 Å². The van der Waals surface area contributed by atoms with Crippen molar-refractivity contribution in [2.45, 2.75) is 13.5 Å². The first kappa shape index (κ1) is 12.8. The zero-order valence-corrected chi connectivity index (χ0v) is 10.4. The van der Waals surface area contributed by atoms with Crippen LogP contribution in [0.1, 0.15) is 16.1 Å². The Morgan fingerprint density at radius 1 is 1.44 bits per heavy atom. The number of hydrogen-bond acceptors (Lipinski definition) is 5. The lowest BCUT2D eigenvalue weighted by Gasteiger charge is -2.26. The highest BCUT2D eigenvalue weighted by Gasteiger charge is 2.19. The molecular weight excluding hydrogens is 236 g/mol. The molecule has 1 aliphatic rings. The standard InChI is InChI=1S/C11H18N4O3/c1-8-9(11(16)17)10(12)15(13-8)3-2-14-4-6-18-7-5-14/h2-7,12H2,1H3,(H,16,17). The Morgan fingerprint density at radius 2 is 2.11 bits per heavy atom. The highest BCUT2D eigenvalue weighted by Crippen LogP contribution is 2.16. The number of carboxylic acid groups (broad SMARTS) is 1. The number of nitrogen functional groups attached to an aromatic ring is 1. The van der Waals surface area contributed by atoms with E-state index in [1.54, 1.807) is 11.6 Å². The summed E-state index contributed by atoms with van der Waals surface area (Å²) in [5.74, 6) is -0.795. The van der Waals surface area contributed by atoms with E-state index in [1.165, 1.54) is 0 Å². The normalized spacial score (nSPS) is 16.9. The summed E-state index contributed by atoms with van der Waals surface area (Å²) in [6.07, 6.45) is 0. The summed E-state index contributed by atoms with van der Waals surface area (Å²) in [5.41, 5.74) is 6.37. The van der Waals surface area contributed by atoms with Crippen LogP contribution in [0.2, 0.25) is 0 Å². The Morgan fingerprint density at radius 3 is 2.67 bits per heavy atom. The smallest absolute Gasteiger partial charge is 0.341 e. The van der Waals surface area contributed by atoms with Crippen molar-refractivity contribution in [1.82, 2.24) is 14.7 Å². The number of nitrogens with zero attached hydrogens (tertiary/aromatic N) is 3. The molecule has 2 rings (SSSR count). The molecule has 0 spiro atoms. The van der Waals surface area contributed by atoms with E-state index in [0.717, 1.165) is 32.8 Å². The predicted octanol–water partition coefficient (Wildman–Crippen LogP) is -0.196. The number of aromatic nitrogens is 2. The van der Waals surface area contributed by atoms with Crippen LogP contribution in [-0.2, 0) is 11.3 Å². The van der Waals surface area contributed by atoms with Crippen molar-refractivity contribution < 1.29 is 14.6 Å². The maximum absolute atomic E-state index is 11.0. The van der Waals surface area contributed by atoms with E-state index in [9.17, 15) is 4.79 Å². The van der Waals surface area contributed by atoms with Crippen LogP contribution in [0.5, 0.6) is 0 Å². The average molecular weight is 254 g/mol. The number of hydrogen-bond donors (Lipinski definition) is 2. The number of nitrogens with two attached hydrogens (primary N) is 1. The molecule has 0 bridgehead atoms. The van der Waals surface area contributed by atoms with Gasteiger partial charge in [0.25, 0.3) is 0 Å². The summed E-state index contributed by atoms with van der Waals surface area (Å²) in [6, 6.07) is 0. The van der Waals surface area contributed by atoms with Gasteiger partial charge in [-0.1, -0.05) is 0 Å². The molecule has 3 N–H and O–H groups in total. The SMILES string of the molecule is Cc1nn(CCN2CCOCC2)c(N)c1C(=O)O. The summed E-state index contributed by atoms with van der Waals surface area (Å²) in [5, 5.41) is 13.2. The van der Waals surface area contributed by atoms with Crippen LogP contribution in [0, 0.1) is 6.92 Å². The lowest BCUT2D eigenvalue weighted by molar-refractivity contribution is 0.0360. The molecule has 1 saturated heterocycles. The molecule has 1 aromatic heterocycles. The Bertz CT molecular complexity index is 438. The number of aromatic carboxylic acids is 1. The number of ether oxygens (including phenoxy) is 1. The number of carbonyl (C=O) groups is 1. The van der Waals surface area contributed by atoms with Gasteiger partial charge in [-0.15, -0.1) is 0 Å². The fourth-order valence-corrected chi connectivity index (χ4v) is 2.10. The monoisotopic (exact) mass is 254 g/mol. The molecular formula is C11H18N4O3. The first-order valence-electron chi connectivity index (χ1n) is 5.96. The number of morpholine rings is 1. The molecule has 2 heterocycles. The van der Waals surface area contributed by atoms with E-state index in [1.807, 2.05) is 0 Å². The molecule has 1 aliphatic heterocycles. The van der Waals surface area contributed by atoms with Gasteiger partial charge in [0.2, 0.25) is 0 Å². The van der Waals surface area contributed by atoms with Crippen LogP contribution in [0.4, 0.5) is 5.82 Å². The number of aryl methyl sites for hydroxylation is 1. The van der Waals surface area contributed by atoms with Gasteiger partial charge in [0.15, 0.2) is 0 Å². The van der Waals surface area contributed by atoms with E-state index >= 15 is 0 Å². The van der Waals surface area contributed by atoms with Crippen molar-refractivity contribution >= 4 is 11.8 Å². The molecule has 0 saturated carbocycles. The molecule has 100 valence electrons. The fraction of sp³-hybridized carbons (Fsp3) is 0.636. The second kappa shape index (κ2) is 5.36. The summed E-state index contributed by atoms with van der Waals surface area (Å²) >= 11 is 0. The molecule has 0 amide bonds. The van der Waals surface area contributed by atoms with Crippen molar-refractivity contribution in [2.75, 3.05) is 38.6 Å². The Balaban J connectivity index is 2.01. The number of carboxylic acids is 1. The minimum absolute atomic E-state index is 0.108. The molecule has 7 heteroatoms. The van der Waals surface area contributed by atoms with Crippen LogP contribution in [0.25, 0.3) is 0 Å². The molecule has 18 heavy (non-hydrogen) atoms. The predicted molar refractivity (Wildman–Crippen MR) is 65.6 cm³/mol. The van der Waals surface area contributed by atoms with Crippen molar-refractivity contribution in [3.8, 4) is 0 Å². The van der Waals surface area contributed by atoms with Crippen molar-refractivity contribution in [3.63, 3.8) is 0 Å². The van der Waals surface area contributed by atoms with E-state index in [-0.39, 0.29) is 11.4 Å². The quantitative estimate of drug-likeness (QED) is 0.773. The number of anilines is 1. The molecule has 0 unspecified atom stereocenters. The third-order valence-corrected chi connectivity index (χ3v) is 3.11. The van der Waals surface area contributed by atoms with Crippen LogP contribution in [-0.4, -0.2) is 58.6 Å². The first-order valence-corrected chi connectivity index (χ1v) is 5.96. The van der Waals surface area contributed by atoms with Crippen LogP contribution in [0.15, 0.2) is 0 Å². The van der Waals surface area contributed by atoms with Crippen LogP contribution >= 0.6 is 0 Å². The van der Waals surface area contributed by atoms with Crippen molar-refractivity contribution in [1.29, 1.82) is 0 Å². The van der Waals surface area contributed by atoms with E-state index < -0.39 is 5.97 Å². The van der Waals surface area contributed by atoms with E-state index in [0.29, 0.717) is 12.2 Å². The van der Waals surface area contributed by atoms with Gasteiger partial charge in [-0.2, -0.15) is 5.10 Å². The second-order valence-corrected chi connectivity index (χ2v) is 4.33. The summed E-state index contributed by atoms with van der Waals surface area (Å²) in [7, 11) is 0. The summed E-state index contributed by atoms with van der Waals surface area (Å²) in [6.45, 7) is 6.33. The zero-order chi connectivity index (χ0) is 13.1. The van der Waals surface area contributed by atoms with Crippen molar-refractivity contribution in [2.24, 2.45) is 0 Å². The minimum atomic E-state index is -1.03. The Hall–Kier alpha value is -1.60. The first-order chi connectivity index (χ1) is 8.59. The molecule has 0 radical (unpaired) electrons. The van der Waals surface area contributed by atoms with Gasteiger partial charge in [-0.05, 0) is 6.92 Å². The van der Waals surface area contributed by atoms with Gasteiger partial charge in [0, 0.05) is 19.6 Å². The number of rotatable bonds is 4. The fourth-order valence-electron chi connectivity index (χ4n) is 2.10. The summed E-state index contributed by atoms with van der Waals surface area (Å²) in [4.78, 5) is 13.3. The third kappa shape index (κ3) is 2.62. The van der Waals surface area contributed by atoms with Gasteiger partial charge >= 0.3 is 5.97 Å². The maximum Gasteiger partial charge on any atom is 0.341 e. The van der Waals surface area contributed by atoms with E-state index in [2.05, 4.69) is 10.00 Å². The minimum Gasteiger partial charge on any atom is -0.477 e. The molecule has 1 aromatic rings. The summed E-state index contributed by atoms with van der Waals surface area (Å²) < 4.78 is 6.83. The van der Waals surface area contributed by atoms with E-state index in [4.69, 9.17) is 15.6 Å². The molecule has 0 aromatic carbocycles. The molecule has 7 nitrogen and oxygen atoms in total. The van der Waals surface area contributed by atoms with Gasteiger partial charge in [0.05, 0.1) is 25.5 Å². The van der Waals surface area contributed by atoms with Gasteiger partial charge < -0.3 is 15.6 Å². The lowest BCUT2D eigenvalue weighted by Crippen LogP contribution is -2.38. The zero-order valence-electron chi connectivity index (χ0n) is 10.4. The topological polar surface area (TPSA) is 93.6 Å². The van der Waals surface area contributed by atoms with Crippen molar-refractivity contribution in [3.05, 3.63) is 11.3 Å². The Labute approximate surface area is 105 Å². The molecule has 0 atom stereocenters. The third-order valence-electron chi connectivity index (χ3n) is 3.11. The maximum atomic E-state index is 11.0. The largest absolute Gasteiger partial charge is 0.477 e. The Kier molecular flexibility index (Phi) is 3.83. The molecule has 1 fully saturated rings. The second-order valence-electron chi connectivity index (χ2n) is 4.33. The van der Waals surface area contributed by atoms with Gasteiger partial charge in [-0.25, -0.2) is 9.48 Å². The average Bonchev–Trinajstić information content (AvgIpc) is 2.63. The van der Waals surface area contributed by atoms with Gasteiger partial charge in [0.1, 0.15) is 11.4 Å². The highest BCUT2D eigenvalue weighted by atomic mass is 16.5. The lowest BCUT2D eigenvalue weighted by atomic mass is 10.2. The van der Waals surface area contributed by atoms with Crippen LogP contribution in [0.3, 0.4) is 0 Å². The van der Waals surface area contributed by atoms with Gasteiger partial charge in [-0.3, -0.25) is 4.90 Å².